The van der Waals surface area contributed by atoms with Crippen LogP contribution >= 0.6 is 0 Å². The number of fused-ring (bicyclic) bond motifs is 3. The highest BCUT2D eigenvalue weighted by Gasteiger charge is 2.13. The van der Waals surface area contributed by atoms with Gasteiger partial charge in [0.1, 0.15) is 0 Å². The van der Waals surface area contributed by atoms with Gasteiger partial charge in [-0.3, -0.25) is 5.41 Å². The Hall–Kier alpha value is -4.78. The summed E-state index contributed by atoms with van der Waals surface area (Å²) in [5, 5.41) is 26.2. The number of para-hydroxylation sites is 1. The summed E-state index contributed by atoms with van der Waals surface area (Å²) in [4.78, 5) is 11.1. The van der Waals surface area contributed by atoms with Crippen molar-refractivity contribution in [2.45, 2.75) is 6.54 Å². The molecule has 0 amide bonds. The molecule has 0 atom stereocenters. The molecule has 0 saturated heterocycles. The number of aromatic nitrogens is 1. The highest BCUT2D eigenvalue weighted by atomic mass is 16.4. The van der Waals surface area contributed by atoms with E-state index in [9.17, 15) is 4.79 Å². The van der Waals surface area contributed by atoms with Crippen molar-refractivity contribution in [3.05, 3.63) is 108 Å². The van der Waals surface area contributed by atoms with E-state index in [1.807, 2.05) is 42.5 Å². The monoisotopic (exact) mass is 447 g/mol. The van der Waals surface area contributed by atoms with Crippen molar-refractivity contribution in [2.24, 2.45) is 16.2 Å². The minimum atomic E-state index is -0.930. The van der Waals surface area contributed by atoms with Crippen LogP contribution in [0.2, 0.25) is 0 Å². The number of carboxylic acid groups (broad SMARTS) is 1. The summed E-state index contributed by atoms with van der Waals surface area (Å²) in [6.07, 6.45) is 0. The number of carbonyl (C=O) groups is 1. The van der Waals surface area contributed by atoms with Crippen LogP contribution in [0.4, 0.5) is 0 Å². The summed E-state index contributed by atoms with van der Waals surface area (Å²) < 4.78 is 2.26. The van der Waals surface area contributed by atoms with Crippen molar-refractivity contribution in [1.82, 2.24) is 4.57 Å². The quantitative estimate of drug-likeness (QED) is 0.103. The third-order valence-electron chi connectivity index (χ3n) is 5.96. The lowest BCUT2D eigenvalue weighted by molar-refractivity contribution is 0.0697. The van der Waals surface area contributed by atoms with Crippen molar-refractivity contribution < 1.29 is 9.90 Å². The zero-order valence-electron chi connectivity index (χ0n) is 18.1. The number of aromatic carboxylic acids is 1. The molecule has 0 radical (unpaired) electrons. The number of hydrogen-bond acceptors (Lipinski definition) is 3. The molecular formula is C27H21N5O2. The van der Waals surface area contributed by atoms with Crippen LogP contribution in [0.25, 0.3) is 32.9 Å². The van der Waals surface area contributed by atoms with Crippen molar-refractivity contribution in [1.29, 1.82) is 5.41 Å². The molecular weight excluding hydrogens is 426 g/mol. The summed E-state index contributed by atoms with van der Waals surface area (Å²) in [7, 11) is 0. The van der Waals surface area contributed by atoms with Gasteiger partial charge in [-0.25, -0.2) is 4.79 Å². The van der Waals surface area contributed by atoms with E-state index in [1.165, 1.54) is 0 Å². The van der Waals surface area contributed by atoms with Gasteiger partial charge in [0, 0.05) is 33.9 Å². The Balaban J connectivity index is 1.50. The van der Waals surface area contributed by atoms with Crippen molar-refractivity contribution in [3.8, 4) is 11.1 Å². The lowest BCUT2D eigenvalue weighted by Crippen LogP contribution is -2.00. The zero-order valence-corrected chi connectivity index (χ0v) is 18.1. The van der Waals surface area contributed by atoms with Crippen LogP contribution in [0, 0.1) is 5.41 Å². The maximum absolute atomic E-state index is 11.1. The summed E-state index contributed by atoms with van der Waals surface area (Å²) in [6.45, 7) is 0.682. The first-order valence-electron chi connectivity index (χ1n) is 10.7. The zero-order chi connectivity index (χ0) is 23.7. The smallest absolute Gasteiger partial charge is 0.335 e. The first-order chi connectivity index (χ1) is 16.5. The molecule has 0 aliphatic carbocycles. The SMILES string of the molecule is N=C(N=NN)c1ccc2c(c1)c1ccccc1n2Cc1ccc(-c2ccc(C(=O)O)cc2)cc1. The van der Waals surface area contributed by atoms with Gasteiger partial charge < -0.3 is 15.5 Å². The number of nitrogens with two attached hydrogens (primary N) is 1. The first kappa shape index (κ1) is 21.1. The molecule has 4 N–H and O–H groups in total. The second kappa shape index (κ2) is 8.63. The number of benzene rings is 4. The van der Waals surface area contributed by atoms with Crippen molar-refractivity contribution in [2.75, 3.05) is 0 Å². The van der Waals surface area contributed by atoms with Crippen molar-refractivity contribution in [3.63, 3.8) is 0 Å². The Morgan fingerprint density at radius 3 is 2.12 bits per heavy atom. The van der Waals surface area contributed by atoms with Gasteiger partial charge in [0.2, 0.25) is 0 Å². The Morgan fingerprint density at radius 2 is 1.44 bits per heavy atom. The molecule has 4 aromatic carbocycles. The van der Waals surface area contributed by atoms with Gasteiger partial charge in [-0.15, -0.1) is 5.11 Å². The lowest BCUT2D eigenvalue weighted by Gasteiger charge is -2.10. The molecule has 0 fully saturated rings. The van der Waals surface area contributed by atoms with Crippen LogP contribution in [0.5, 0.6) is 0 Å². The predicted molar refractivity (Wildman–Crippen MR) is 133 cm³/mol. The van der Waals surface area contributed by atoms with E-state index in [0.29, 0.717) is 12.1 Å². The molecule has 1 aromatic heterocycles. The van der Waals surface area contributed by atoms with Crippen LogP contribution < -0.4 is 5.84 Å². The molecule has 0 bridgehead atoms. The first-order valence-corrected chi connectivity index (χ1v) is 10.7. The number of rotatable bonds is 5. The van der Waals surface area contributed by atoms with E-state index in [0.717, 1.165) is 38.5 Å². The fourth-order valence-electron chi connectivity index (χ4n) is 4.28. The Bertz CT molecular complexity index is 1570. The third kappa shape index (κ3) is 3.80. The van der Waals surface area contributed by atoms with Gasteiger partial charge in [-0.2, -0.15) is 0 Å². The Labute approximate surface area is 195 Å². The highest BCUT2D eigenvalue weighted by molar-refractivity contribution is 6.11. The van der Waals surface area contributed by atoms with Gasteiger partial charge in [0.05, 0.1) is 5.56 Å². The van der Waals surface area contributed by atoms with E-state index in [2.05, 4.69) is 51.3 Å². The van der Waals surface area contributed by atoms with Crippen molar-refractivity contribution >= 4 is 33.6 Å². The number of nitrogens with one attached hydrogen (secondary N) is 1. The standard InChI is InChI=1S/C27H21N5O2/c28-26(30-31-29)21-13-14-25-23(15-21)22-3-1-2-4-24(22)32(25)16-17-5-7-18(8-6-17)19-9-11-20(12-10-19)27(33)34/h1-15H,16H2,(H,33,34)(H3,28,29,30). The van der Waals surface area contributed by atoms with Crippen LogP contribution in [-0.4, -0.2) is 21.5 Å². The predicted octanol–water partition coefficient (Wildman–Crippen LogP) is 5.86. The minimum absolute atomic E-state index is 0.0215. The van der Waals surface area contributed by atoms with Crippen LogP contribution in [0.3, 0.4) is 0 Å². The fraction of sp³-hybridized carbons (Fsp3) is 0.0370. The molecule has 0 aliphatic heterocycles. The van der Waals surface area contributed by atoms with Gasteiger partial charge in [-0.1, -0.05) is 59.8 Å². The van der Waals surface area contributed by atoms with Crippen LogP contribution in [-0.2, 0) is 6.54 Å². The number of amidine groups is 1. The van der Waals surface area contributed by atoms with E-state index in [1.54, 1.807) is 12.1 Å². The second-order valence-electron chi connectivity index (χ2n) is 7.98. The van der Waals surface area contributed by atoms with Gasteiger partial charge in [0.15, 0.2) is 5.84 Å². The minimum Gasteiger partial charge on any atom is -0.478 e. The maximum atomic E-state index is 11.1. The van der Waals surface area contributed by atoms with E-state index in [-0.39, 0.29) is 11.4 Å². The molecule has 1 heterocycles. The molecule has 0 aliphatic rings. The highest BCUT2D eigenvalue weighted by Crippen LogP contribution is 2.31. The second-order valence-corrected chi connectivity index (χ2v) is 7.98. The molecule has 0 saturated carbocycles. The van der Waals surface area contributed by atoms with Gasteiger partial charge in [-0.05, 0) is 53.1 Å². The molecule has 34 heavy (non-hydrogen) atoms. The normalized spacial score (nSPS) is 11.4. The fourth-order valence-corrected chi connectivity index (χ4v) is 4.28. The van der Waals surface area contributed by atoms with Gasteiger partial charge in [0.25, 0.3) is 0 Å². The van der Waals surface area contributed by atoms with E-state index < -0.39 is 5.97 Å². The average Bonchev–Trinajstić information content (AvgIpc) is 3.18. The topological polar surface area (TPSA) is 117 Å². The van der Waals surface area contributed by atoms with Gasteiger partial charge >= 0.3 is 5.97 Å². The molecule has 0 spiro atoms. The molecule has 7 heteroatoms. The average molecular weight is 447 g/mol. The summed E-state index contributed by atoms with van der Waals surface area (Å²) in [5.74, 6) is 4.21. The molecule has 5 aromatic rings. The van der Waals surface area contributed by atoms with E-state index >= 15 is 0 Å². The molecule has 7 nitrogen and oxygen atoms in total. The van der Waals surface area contributed by atoms with Crippen LogP contribution in [0.1, 0.15) is 21.5 Å². The number of carboxylic acids is 1. The lowest BCUT2D eigenvalue weighted by atomic mass is 10.0. The number of hydrogen-bond donors (Lipinski definition) is 3. The summed E-state index contributed by atoms with van der Waals surface area (Å²) >= 11 is 0. The third-order valence-corrected chi connectivity index (χ3v) is 5.96. The largest absolute Gasteiger partial charge is 0.478 e. The number of nitrogens with zero attached hydrogens (tertiary/aromatic N) is 3. The summed E-state index contributed by atoms with van der Waals surface area (Å²) in [5.41, 5.74) is 6.24. The van der Waals surface area contributed by atoms with E-state index in [4.69, 9.17) is 16.4 Å². The Kier molecular flexibility index (Phi) is 5.35. The van der Waals surface area contributed by atoms with Crippen LogP contribution in [0.15, 0.2) is 101 Å². The summed E-state index contributed by atoms with van der Waals surface area (Å²) in [6, 6.07) is 29.2. The molecule has 5 rings (SSSR count). The molecule has 0 unspecified atom stereocenters. The maximum Gasteiger partial charge on any atom is 0.335 e. The Morgan fingerprint density at radius 1 is 0.824 bits per heavy atom. The molecule has 166 valence electrons.